The Balaban J connectivity index is 1.54. The highest BCUT2D eigenvalue weighted by molar-refractivity contribution is 5.92. The van der Waals surface area contributed by atoms with Crippen molar-refractivity contribution in [2.24, 2.45) is 0 Å². The lowest BCUT2D eigenvalue weighted by Crippen LogP contribution is -2.48. The van der Waals surface area contributed by atoms with E-state index in [4.69, 9.17) is 4.74 Å². The summed E-state index contributed by atoms with van der Waals surface area (Å²) in [5.41, 5.74) is 1.95. The second-order valence-electron chi connectivity index (χ2n) is 7.71. The standard InChI is InChI=1S/C23H26FN5O2/c1-18(15-27-11-13-31-14-12-27)28(16-19-5-3-2-4-6-19)23(30)22-17-29(26-25-22)21-9-7-20(24)8-10-21/h2-10,17-18H,11-16H2,1H3. The number of halogens is 1. The summed E-state index contributed by atoms with van der Waals surface area (Å²) in [5.74, 6) is -0.510. The molecule has 1 atom stereocenters. The molecule has 31 heavy (non-hydrogen) atoms. The summed E-state index contributed by atoms with van der Waals surface area (Å²) in [5, 5.41) is 8.17. The van der Waals surface area contributed by atoms with Crippen LogP contribution in [0.2, 0.25) is 0 Å². The van der Waals surface area contributed by atoms with Crippen LogP contribution in [-0.4, -0.2) is 69.6 Å². The van der Waals surface area contributed by atoms with E-state index in [-0.39, 0.29) is 23.5 Å². The van der Waals surface area contributed by atoms with Crippen LogP contribution in [0.4, 0.5) is 4.39 Å². The fraction of sp³-hybridized carbons (Fsp3) is 0.348. The molecule has 0 N–H and O–H groups in total. The van der Waals surface area contributed by atoms with Gasteiger partial charge >= 0.3 is 0 Å². The number of rotatable bonds is 7. The maximum Gasteiger partial charge on any atom is 0.276 e. The summed E-state index contributed by atoms with van der Waals surface area (Å²) in [7, 11) is 0. The van der Waals surface area contributed by atoms with E-state index in [1.165, 1.54) is 16.8 Å². The molecule has 3 aromatic rings. The minimum absolute atomic E-state index is 0.0261. The van der Waals surface area contributed by atoms with Gasteiger partial charge in [0.05, 0.1) is 25.1 Å². The summed E-state index contributed by atoms with van der Waals surface area (Å²) in [6.07, 6.45) is 1.59. The van der Waals surface area contributed by atoms with Crippen molar-refractivity contribution in [2.75, 3.05) is 32.8 Å². The average molecular weight is 423 g/mol. The number of amides is 1. The Morgan fingerprint density at radius 1 is 1.13 bits per heavy atom. The third kappa shape index (κ3) is 5.34. The molecule has 0 aliphatic carbocycles. The lowest BCUT2D eigenvalue weighted by atomic mass is 10.1. The van der Waals surface area contributed by atoms with Gasteiger partial charge in [-0.2, -0.15) is 0 Å². The highest BCUT2D eigenvalue weighted by Crippen LogP contribution is 2.15. The number of benzene rings is 2. The molecule has 0 radical (unpaired) electrons. The fourth-order valence-electron chi connectivity index (χ4n) is 3.69. The minimum atomic E-state index is -0.328. The molecule has 0 saturated carbocycles. The van der Waals surface area contributed by atoms with Crippen molar-refractivity contribution < 1.29 is 13.9 Å². The maximum absolute atomic E-state index is 13.4. The molecule has 2 heterocycles. The number of carbonyl (C=O) groups is 1. The third-order valence-electron chi connectivity index (χ3n) is 5.42. The lowest BCUT2D eigenvalue weighted by Gasteiger charge is -2.34. The van der Waals surface area contributed by atoms with Crippen molar-refractivity contribution in [3.63, 3.8) is 0 Å². The number of hydrogen-bond acceptors (Lipinski definition) is 5. The minimum Gasteiger partial charge on any atom is -0.379 e. The van der Waals surface area contributed by atoms with Crippen LogP contribution in [0, 0.1) is 5.82 Å². The second-order valence-corrected chi connectivity index (χ2v) is 7.71. The van der Waals surface area contributed by atoms with Gasteiger partial charge in [-0.25, -0.2) is 9.07 Å². The molecule has 2 aromatic carbocycles. The molecule has 1 amide bonds. The Hall–Kier alpha value is -3.10. The van der Waals surface area contributed by atoms with Crippen molar-refractivity contribution in [1.82, 2.24) is 24.8 Å². The third-order valence-corrected chi connectivity index (χ3v) is 5.42. The molecule has 0 bridgehead atoms. The van der Waals surface area contributed by atoms with Crippen molar-refractivity contribution in [3.8, 4) is 5.69 Å². The van der Waals surface area contributed by atoms with Crippen LogP contribution in [0.1, 0.15) is 23.0 Å². The number of aromatic nitrogens is 3. The van der Waals surface area contributed by atoms with E-state index in [1.807, 2.05) is 35.2 Å². The Kier molecular flexibility index (Phi) is 6.69. The first-order chi connectivity index (χ1) is 15.1. The quantitative estimate of drug-likeness (QED) is 0.585. The van der Waals surface area contributed by atoms with E-state index in [1.54, 1.807) is 18.3 Å². The van der Waals surface area contributed by atoms with Gasteiger partial charge in [0.1, 0.15) is 5.82 Å². The Labute approximate surface area is 181 Å². The molecule has 1 aliphatic rings. The molecule has 1 fully saturated rings. The summed E-state index contributed by atoms with van der Waals surface area (Å²) >= 11 is 0. The predicted molar refractivity (Wildman–Crippen MR) is 114 cm³/mol. The molecule has 162 valence electrons. The Morgan fingerprint density at radius 3 is 2.55 bits per heavy atom. The van der Waals surface area contributed by atoms with Crippen LogP contribution in [0.25, 0.3) is 5.69 Å². The van der Waals surface area contributed by atoms with Gasteiger partial charge in [-0.15, -0.1) is 5.10 Å². The van der Waals surface area contributed by atoms with Crippen molar-refractivity contribution in [2.45, 2.75) is 19.5 Å². The topological polar surface area (TPSA) is 63.5 Å². The van der Waals surface area contributed by atoms with E-state index in [0.29, 0.717) is 25.4 Å². The predicted octanol–water partition coefficient (Wildman–Crippen LogP) is 2.77. The fourth-order valence-corrected chi connectivity index (χ4v) is 3.69. The van der Waals surface area contributed by atoms with Gasteiger partial charge in [0, 0.05) is 32.2 Å². The molecule has 1 aliphatic heterocycles. The van der Waals surface area contributed by atoms with Crippen LogP contribution >= 0.6 is 0 Å². The zero-order valence-electron chi connectivity index (χ0n) is 17.5. The van der Waals surface area contributed by atoms with Gasteiger partial charge in [-0.05, 0) is 36.8 Å². The molecule has 0 spiro atoms. The molecule has 1 saturated heterocycles. The molecule has 4 rings (SSSR count). The average Bonchev–Trinajstić information content (AvgIpc) is 3.29. The first kappa shape index (κ1) is 21.1. The van der Waals surface area contributed by atoms with Gasteiger partial charge < -0.3 is 9.64 Å². The van der Waals surface area contributed by atoms with Crippen molar-refractivity contribution in [1.29, 1.82) is 0 Å². The summed E-state index contributed by atoms with van der Waals surface area (Å²) in [6, 6.07) is 15.8. The monoisotopic (exact) mass is 423 g/mol. The zero-order valence-corrected chi connectivity index (χ0v) is 17.5. The van der Waals surface area contributed by atoms with Crippen LogP contribution in [-0.2, 0) is 11.3 Å². The van der Waals surface area contributed by atoms with E-state index in [2.05, 4.69) is 22.1 Å². The smallest absolute Gasteiger partial charge is 0.276 e. The second kappa shape index (κ2) is 9.80. The number of carbonyl (C=O) groups excluding carboxylic acids is 1. The van der Waals surface area contributed by atoms with E-state index in [0.717, 1.165) is 25.2 Å². The number of morpholine rings is 1. The van der Waals surface area contributed by atoms with Gasteiger partial charge in [0.25, 0.3) is 5.91 Å². The molecule has 1 aromatic heterocycles. The summed E-state index contributed by atoms with van der Waals surface area (Å²) < 4.78 is 20.1. The van der Waals surface area contributed by atoms with Gasteiger partial charge in [0.2, 0.25) is 0 Å². The highest BCUT2D eigenvalue weighted by atomic mass is 19.1. The molecular formula is C23H26FN5O2. The van der Waals surface area contributed by atoms with E-state index < -0.39 is 0 Å². The van der Waals surface area contributed by atoms with E-state index in [9.17, 15) is 9.18 Å². The number of hydrogen-bond donors (Lipinski definition) is 0. The van der Waals surface area contributed by atoms with Crippen LogP contribution < -0.4 is 0 Å². The molecule has 8 heteroatoms. The first-order valence-corrected chi connectivity index (χ1v) is 10.4. The molecule has 7 nitrogen and oxygen atoms in total. The molecular weight excluding hydrogens is 397 g/mol. The lowest BCUT2D eigenvalue weighted by molar-refractivity contribution is 0.0227. The zero-order chi connectivity index (χ0) is 21.6. The number of ether oxygens (including phenoxy) is 1. The Bertz CT molecular complexity index is 987. The maximum atomic E-state index is 13.4. The normalized spacial score (nSPS) is 15.5. The van der Waals surface area contributed by atoms with Crippen LogP contribution in [0.15, 0.2) is 60.8 Å². The largest absolute Gasteiger partial charge is 0.379 e. The van der Waals surface area contributed by atoms with Gasteiger partial charge in [-0.3, -0.25) is 9.69 Å². The molecule has 1 unspecified atom stereocenters. The summed E-state index contributed by atoms with van der Waals surface area (Å²) in [6.45, 7) is 6.44. The van der Waals surface area contributed by atoms with Crippen LogP contribution in [0.5, 0.6) is 0 Å². The van der Waals surface area contributed by atoms with Crippen LogP contribution in [0.3, 0.4) is 0 Å². The highest BCUT2D eigenvalue weighted by Gasteiger charge is 2.26. The van der Waals surface area contributed by atoms with Gasteiger partial charge in [0.15, 0.2) is 5.69 Å². The summed E-state index contributed by atoms with van der Waals surface area (Å²) in [4.78, 5) is 17.6. The van der Waals surface area contributed by atoms with Crippen molar-refractivity contribution >= 4 is 5.91 Å². The first-order valence-electron chi connectivity index (χ1n) is 10.4. The van der Waals surface area contributed by atoms with Gasteiger partial charge in [-0.1, -0.05) is 35.5 Å². The Morgan fingerprint density at radius 2 is 1.84 bits per heavy atom. The van der Waals surface area contributed by atoms with E-state index >= 15 is 0 Å². The SMILES string of the molecule is CC(CN1CCOCC1)N(Cc1ccccc1)C(=O)c1cn(-c2ccc(F)cc2)nn1. The number of nitrogens with zero attached hydrogens (tertiary/aromatic N) is 5. The van der Waals surface area contributed by atoms with Crippen molar-refractivity contribution in [3.05, 3.63) is 77.9 Å².